The van der Waals surface area contributed by atoms with E-state index in [2.05, 4.69) is 4.98 Å². The van der Waals surface area contributed by atoms with Crippen molar-refractivity contribution in [3.63, 3.8) is 0 Å². The van der Waals surface area contributed by atoms with Crippen LogP contribution in [0.2, 0.25) is 5.02 Å². The Labute approximate surface area is 126 Å². The Balaban J connectivity index is 2.08. The summed E-state index contributed by atoms with van der Waals surface area (Å²) in [7, 11) is 0. The van der Waals surface area contributed by atoms with Crippen molar-refractivity contribution in [2.45, 2.75) is 6.61 Å². The van der Waals surface area contributed by atoms with Crippen LogP contribution < -0.4 is 16.0 Å². The Morgan fingerprint density at radius 1 is 1.43 bits per heavy atom. The highest BCUT2D eigenvalue weighted by atomic mass is 35.5. The van der Waals surface area contributed by atoms with E-state index in [1.807, 2.05) is 11.5 Å². The summed E-state index contributed by atoms with van der Waals surface area (Å²) < 4.78 is 5.53. The zero-order chi connectivity index (χ0) is 15.2. The van der Waals surface area contributed by atoms with Gasteiger partial charge >= 0.3 is 0 Å². The third-order valence-electron chi connectivity index (χ3n) is 2.66. The first-order valence-electron chi connectivity index (χ1n) is 5.92. The molecule has 0 aliphatic carbocycles. The van der Waals surface area contributed by atoms with Crippen molar-refractivity contribution < 1.29 is 9.53 Å². The smallest absolute Gasteiger partial charge is 0.266 e. The standard InChI is InChI=1S/C14H11ClN4O2/c15-11-3-1-9(6-16)13(5-11)21-8-12-4-2-10(7-18-12)14(20)19-17/h1-5,7H,8,17H2,(H,19,20). The minimum atomic E-state index is -0.420. The molecule has 0 saturated heterocycles. The van der Waals surface area contributed by atoms with Crippen molar-refractivity contribution in [2.24, 2.45) is 5.84 Å². The second-order valence-electron chi connectivity index (χ2n) is 4.05. The lowest BCUT2D eigenvalue weighted by Crippen LogP contribution is -2.30. The number of nitrogens with one attached hydrogen (secondary N) is 1. The fourth-order valence-corrected chi connectivity index (χ4v) is 1.75. The summed E-state index contributed by atoms with van der Waals surface area (Å²) in [6, 6.07) is 10.0. The van der Waals surface area contributed by atoms with Gasteiger partial charge in [-0.15, -0.1) is 0 Å². The number of carbonyl (C=O) groups is 1. The van der Waals surface area contributed by atoms with Gasteiger partial charge in [-0.2, -0.15) is 5.26 Å². The number of nitrogen functional groups attached to an aromatic ring is 1. The van der Waals surface area contributed by atoms with E-state index in [1.165, 1.54) is 6.20 Å². The van der Waals surface area contributed by atoms with Crippen molar-refractivity contribution in [1.82, 2.24) is 10.4 Å². The van der Waals surface area contributed by atoms with Crippen LogP contribution in [0.25, 0.3) is 0 Å². The van der Waals surface area contributed by atoms with E-state index in [1.54, 1.807) is 30.3 Å². The van der Waals surface area contributed by atoms with Crippen LogP contribution >= 0.6 is 11.6 Å². The molecule has 3 N–H and O–H groups in total. The topological polar surface area (TPSA) is 101 Å². The Bertz CT molecular complexity index is 695. The third kappa shape index (κ3) is 3.69. The Morgan fingerprint density at radius 2 is 2.24 bits per heavy atom. The molecule has 6 nitrogen and oxygen atoms in total. The summed E-state index contributed by atoms with van der Waals surface area (Å²) in [5, 5.41) is 9.46. The van der Waals surface area contributed by atoms with Crippen LogP contribution in [-0.4, -0.2) is 10.9 Å². The third-order valence-corrected chi connectivity index (χ3v) is 2.89. The van der Waals surface area contributed by atoms with Crippen LogP contribution in [0.5, 0.6) is 5.75 Å². The quantitative estimate of drug-likeness (QED) is 0.509. The molecule has 106 valence electrons. The molecule has 0 radical (unpaired) electrons. The van der Waals surface area contributed by atoms with E-state index in [9.17, 15) is 4.79 Å². The first kappa shape index (κ1) is 14.8. The van der Waals surface area contributed by atoms with Crippen LogP contribution in [0.1, 0.15) is 21.6 Å². The molecule has 1 heterocycles. The second-order valence-corrected chi connectivity index (χ2v) is 4.49. The summed E-state index contributed by atoms with van der Waals surface area (Å²) in [5.74, 6) is 4.99. The summed E-state index contributed by atoms with van der Waals surface area (Å²) >= 11 is 5.87. The van der Waals surface area contributed by atoms with Gasteiger partial charge in [0.05, 0.1) is 16.8 Å². The molecule has 0 aliphatic rings. The zero-order valence-corrected chi connectivity index (χ0v) is 11.6. The molecular formula is C14H11ClN4O2. The van der Waals surface area contributed by atoms with E-state index < -0.39 is 5.91 Å². The molecule has 7 heteroatoms. The van der Waals surface area contributed by atoms with Crippen LogP contribution in [0.4, 0.5) is 0 Å². The lowest BCUT2D eigenvalue weighted by Gasteiger charge is -2.08. The number of hydrogen-bond acceptors (Lipinski definition) is 5. The van der Waals surface area contributed by atoms with Gasteiger partial charge in [-0.3, -0.25) is 15.2 Å². The first-order chi connectivity index (χ1) is 10.1. The highest BCUT2D eigenvalue weighted by molar-refractivity contribution is 6.30. The van der Waals surface area contributed by atoms with Crippen molar-refractivity contribution in [3.8, 4) is 11.8 Å². The highest BCUT2D eigenvalue weighted by Gasteiger charge is 2.07. The fourth-order valence-electron chi connectivity index (χ4n) is 1.59. The normalized spacial score (nSPS) is 9.76. The maximum Gasteiger partial charge on any atom is 0.266 e. The molecule has 2 rings (SSSR count). The monoisotopic (exact) mass is 302 g/mol. The lowest BCUT2D eigenvalue weighted by molar-refractivity contribution is 0.0953. The van der Waals surface area contributed by atoms with E-state index in [-0.39, 0.29) is 6.61 Å². The molecule has 0 atom stereocenters. The molecular weight excluding hydrogens is 292 g/mol. The van der Waals surface area contributed by atoms with Gasteiger partial charge in [0.1, 0.15) is 18.4 Å². The summed E-state index contributed by atoms with van der Waals surface area (Å²) in [5.41, 5.74) is 3.36. The van der Waals surface area contributed by atoms with Gasteiger partial charge in [0.25, 0.3) is 5.91 Å². The summed E-state index contributed by atoms with van der Waals surface area (Å²) in [4.78, 5) is 15.4. The number of amides is 1. The SMILES string of the molecule is N#Cc1ccc(Cl)cc1OCc1ccc(C(=O)NN)cn1. The van der Waals surface area contributed by atoms with Gasteiger partial charge in [-0.25, -0.2) is 5.84 Å². The maximum absolute atomic E-state index is 11.3. The number of pyridine rings is 1. The number of nitrogens with two attached hydrogens (primary N) is 1. The highest BCUT2D eigenvalue weighted by Crippen LogP contribution is 2.23. The van der Waals surface area contributed by atoms with Crippen LogP contribution in [-0.2, 0) is 6.61 Å². The number of benzene rings is 1. The molecule has 0 saturated carbocycles. The number of halogens is 1. The molecule has 1 amide bonds. The number of aromatic nitrogens is 1. The summed E-state index contributed by atoms with van der Waals surface area (Å²) in [6.45, 7) is 0.152. The Hall–Kier alpha value is -2.62. The van der Waals surface area contributed by atoms with Gasteiger partial charge < -0.3 is 4.74 Å². The Kier molecular flexibility index (Phi) is 4.72. The zero-order valence-electron chi connectivity index (χ0n) is 10.8. The van der Waals surface area contributed by atoms with Crippen LogP contribution in [0.3, 0.4) is 0 Å². The molecule has 1 aromatic heterocycles. The van der Waals surface area contributed by atoms with Crippen molar-refractivity contribution in [1.29, 1.82) is 5.26 Å². The number of hydrazine groups is 1. The second kappa shape index (κ2) is 6.70. The van der Waals surface area contributed by atoms with Gasteiger partial charge in [-0.05, 0) is 24.3 Å². The van der Waals surface area contributed by atoms with Crippen molar-refractivity contribution in [3.05, 3.63) is 58.4 Å². The number of nitriles is 1. The van der Waals surface area contributed by atoms with E-state index >= 15 is 0 Å². The minimum Gasteiger partial charge on any atom is -0.486 e. The molecule has 0 spiro atoms. The number of ether oxygens (including phenoxy) is 1. The van der Waals surface area contributed by atoms with E-state index in [4.69, 9.17) is 27.4 Å². The van der Waals surface area contributed by atoms with Crippen molar-refractivity contribution >= 4 is 17.5 Å². The molecule has 21 heavy (non-hydrogen) atoms. The van der Waals surface area contributed by atoms with Gasteiger partial charge in [-0.1, -0.05) is 11.6 Å². The predicted octanol–water partition coefficient (Wildman–Crippen LogP) is 1.79. The number of carbonyl (C=O) groups excluding carboxylic acids is 1. The van der Waals surface area contributed by atoms with Crippen LogP contribution in [0.15, 0.2) is 36.5 Å². The lowest BCUT2D eigenvalue weighted by atomic mass is 10.2. The van der Waals surface area contributed by atoms with E-state index in [0.717, 1.165) is 0 Å². The molecule has 2 aromatic rings. The average molecular weight is 303 g/mol. The number of nitrogens with zero attached hydrogens (tertiary/aromatic N) is 2. The minimum absolute atomic E-state index is 0.152. The molecule has 0 fully saturated rings. The number of rotatable bonds is 4. The maximum atomic E-state index is 11.3. The largest absolute Gasteiger partial charge is 0.486 e. The molecule has 0 bridgehead atoms. The average Bonchev–Trinajstić information content (AvgIpc) is 2.52. The molecule has 0 aliphatic heterocycles. The van der Waals surface area contributed by atoms with Crippen LogP contribution in [0, 0.1) is 11.3 Å². The van der Waals surface area contributed by atoms with Gasteiger partial charge in [0.2, 0.25) is 0 Å². The molecule has 0 unspecified atom stereocenters. The number of hydrogen-bond donors (Lipinski definition) is 2. The fraction of sp³-hybridized carbons (Fsp3) is 0.0714. The summed E-state index contributed by atoms with van der Waals surface area (Å²) in [6.07, 6.45) is 1.39. The first-order valence-corrected chi connectivity index (χ1v) is 6.30. The van der Waals surface area contributed by atoms with E-state index in [0.29, 0.717) is 27.6 Å². The van der Waals surface area contributed by atoms with Crippen molar-refractivity contribution in [2.75, 3.05) is 0 Å². The van der Waals surface area contributed by atoms with Gasteiger partial charge in [0.15, 0.2) is 0 Å². The predicted molar refractivity (Wildman–Crippen MR) is 76.4 cm³/mol. The Morgan fingerprint density at radius 3 is 2.86 bits per heavy atom. The molecule has 1 aromatic carbocycles. The van der Waals surface area contributed by atoms with Gasteiger partial charge in [0, 0.05) is 17.3 Å².